The number of halogens is 1. The molecule has 0 fully saturated rings. The molecule has 0 radical (unpaired) electrons. The van der Waals surface area contributed by atoms with Gasteiger partial charge in [-0.1, -0.05) is 31.9 Å². The van der Waals surface area contributed by atoms with E-state index in [0.717, 1.165) is 12.1 Å². The van der Waals surface area contributed by atoms with E-state index in [4.69, 9.17) is 6.42 Å². The molecular weight excluding hydrogens is 253 g/mol. The van der Waals surface area contributed by atoms with Crippen LogP contribution < -0.4 is 10.6 Å². The molecule has 2 N–H and O–H groups in total. The minimum atomic E-state index is -0.249. The van der Waals surface area contributed by atoms with Gasteiger partial charge in [-0.25, -0.2) is 4.39 Å². The maximum Gasteiger partial charge on any atom is 0.192 e. The predicted octanol–water partition coefficient (Wildman–Crippen LogP) is 2.29. The molecule has 1 rings (SSSR count). The van der Waals surface area contributed by atoms with Crippen LogP contribution in [0.15, 0.2) is 29.3 Å². The lowest BCUT2D eigenvalue weighted by Gasteiger charge is -2.23. The van der Waals surface area contributed by atoms with Crippen molar-refractivity contribution in [2.24, 2.45) is 4.99 Å². The summed E-state index contributed by atoms with van der Waals surface area (Å²) in [5, 5.41) is 6.16. The van der Waals surface area contributed by atoms with Crippen LogP contribution in [0, 0.1) is 18.2 Å². The van der Waals surface area contributed by atoms with Crippen molar-refractivity contribution in [2.75, 3.05) is 19.6 Å². The molecule has 4 heteroatoms. The minimum Gasteiger partial charge on any atom is -0.357 e. The second kappa shape index (κ2) is 7.54. The quantitative estimate of drug-likeness (QED) is 0.491. The lowest BCUT2D eigenvalue weighted by molar-refractivity contribution is 0.529. The zero-order valence-electron chi connectivity index (χ0n) is 12.3. The van der Waals surface area contributed by atoms with E-state index in [9.17, 15) is 4.39 Å². The van der Waals surface area contributed by atoms with Crippen LogP contribution in [0.4, 0.5) is 4.39 Å². The van der Waals surface area contributed by atoms with Crippen molar-refractivity contribution in [3.63, 3.8) is 0 Å². The Kier molecular flexibility index (Phi) is 6.05. The second-order valence-electron chi connectivity index (χ2n) is 5.15. The molecule has 3 nitrogen and oxygen atoms in total. The minimum absolute atomic E-state index is 0.225. The maximum absolute atomic E-state index is 13.3. The van der Waals surface area contributed by atoms with Gasteiger partial charge in [0.15, 0.2) is 5.96 Å². The van der Waals surface area contributed by atoms with Gasteiger partial charge in [0.2, 0.25) is 0 Å². The zero-order valence-corrected chi connectivity index (χ0v) is 12.3. The van der Waals surface area contributed by atoms with Crippen molar-refractivity contribution >= 4 is 5.96 Å². The van der Waals surface area contributed by atoms with E-state index in [2.05, 4.69) is 21.5 Å². The Hall–Kier alpha value is -2.02. The molecule has 0 aromatic heterocycles. The third-order valence-electron chi connectivity index (χ3n) is 2.94. The van der Waals surface area contributed by atoms with Gasteiger partial charge in [0, 0.05) is 12.0 Å². The molecular formula is C16H22FN3. The van der Waals surface area contributed by atoms with E-state index in [0.29, 0.717) is 19.0 Å². The average molecular weight is 275 g/mol. The summed E-state index contributed by atoms with van der Waals surface area (Å²) in [7, 11) is 0. The summed E-state index contributed by atoms with van der Waals surface area (Å²) in [6, 6.07) is 6.64. The summed E-state index contributed by atoms with van der Waals surface area (Å²) in [5.41, 5.74) is 0.676. The number of nitrogens with one attached hydrogen (secondary N) is 2. The van der Waals surface area contributed by atoms with Gasteiger partial charge in [-0.15, -0.1) is 6.42 Å². The molecule has 1 aromatic carbocycles. The number of nitrogens with zero attached hydrogens (tertiary/aromatic N) is 1. The van der Waals surface area contributed by atoms with Gasteiger partial charge < -0.3 is 10.6 Å². The Morgan fingerprint density at radius 1 is 1.40 bits per heavy atom. The number of terminal acetylenes is 1. The van der Waals surface area contributed by atoms with Crippen LogP contribution in [0.5, 0.6) is 0 Å². The normalized spacial score (nSPS) is 11.8. The van der Waals surface area contributed by atoms with Gasteiger partial charge >= 0.3 is 0 Å². The smallest absolute Gasteiger partial charge is 0.192 e. The second-order valence-corrected chi connectivity index (χ2v) is 5.15. The lowest BCUT2D eigenvalue weighted by Crippen LogP contribution is -2.38. The molecule has 108 valence electrons. The average Bonchev–Trinajstić information content (AvgIpc) is 2.42. The van der Waals surface area contributed by atoms with Crippen LogP contribution in [-0.4, -0.2) is 25.6 Å². The predicted molar refractivity (Wildman–Crippen MR) is 82.2 cm³/mol. The van der Waals surface area contributed by atoms with Gasteiger partial charge in [-0.2, -0.15) is 0 Å². The van der Waals surface area contributed by atoms with Crippen LogP contribution in [0.25, 0.3) is 0 Å². The Bertz CT molecular complexity index is 501. The number of benzene rings is 1. The molecule has 0 heterocycles. The highest BCUT2D eigenvalue weighted by atomic mass is 19.1. The highest BCUT2D eigenvalue weighted by molar-refractivity contribution is 5.80. The van der Waals surface area contributed by atoms with Crippen LogP contribution in [-0.2, 0) is 5.41 Å². The Balaban J connectivity index is 2.80. The maximum atomic E-state index is 13.3. The highest BCUT2D eigenvalue weighted by Crippen LogP contribution is 2.23. The van der Waals surface area contributed by atoms with Crippen LogP contribution >= 0.6 is 0 Å². The van der Waals surface area contributed by atoms with E-state index in [1.165, 1.54) is 6.07 Å². The summed E-state index contributed by atoms with van der Waals surface area (Å²) in [6.45, 7) is 7.79. The summed E-state index contributed by atoms with van der Waals surface area (Å²) in [6.07, 6.45) is 5.23. The number of hydrogen-bond acceptors (Lipinski definition) is 1. The summed E-state index contributed by atoms with van der Waals surface area (Å²) >= 11 is 0. The third-order valence-corrected chi connectivity index (χ3v) is 2.94. The van der Waals surface area contributed by atoms with Crippen molar-refractivity contribution in [1.82, 2.24) is 10.6 Å². The van der Waals surface area contributed by atoms with Gasteiger partial charge in [-0.3, -0.25) is 4.99 Å². The fraction of sp³-hybridized carbons (Fsp3) is 0.438. The topological polar surface area (TPSA) is 36.4 Å². The number of hydrogen-bond donors (Lipinski definition) is 2. The first-order valence-electron chi connectivity index (χ1n) is 6.71. The molecule has 0 saturated carbocycles. The standard InChI is InChI=1S/C16H22FN3/c1-5-10-19-15(18-6-2)20-12-16(3,4)13-8-7-9-14(17)11-13/h1,7-9,11H,6,10,12H2,2-4H3,(H2,18,19,20). The van der Waals surface area contributed by atoms with Crippen LogP contribution in [0.2, 0.25) is 0 Å². The third kappa shape index (κ3) is 4.93. The molecule has 0 amide bonds. The van der Waals surface area contributed by atoms with Crippen molar-refractivity contribution in [2.45, 2.75) is 26.2 Å². The van der Waals surface area contributed by atoms with Gasteiger partial charge in [0.05, 0.1) is 13.1 Å². The molecule has 0 unspecified atom stereocenters. The number of rotatable bonds is 5. The Labute approximate surface area is 120 Å². The molecule has 0 saturated heterocycles. The van der Waals surface area contributed by atoms with E-state index in [1.54, 1.807) is 12.1 Å². The monoisotopic (exact) mass is 275 g/mol. The molecule has 0 bridgehead atoms. The van der Waals surface area contributed by atoms with E-state index >= 15 is 0 Å². The van der Waals surface area contributed by atoms with E-state index in [1.807, 2.05) is 26.8 Å². The Morgan fingerprint density at radius 3 is 2.75 bits per heavy atom. The molecule has 1 aromatic rings. The molecule has 0 aliphatic rings. The SMILES string of the molecule is C#CCNC(=NCC(C)(C)c1cccc(F)c1)NCC. The summed E-state index contributed by atoms with van der Waals surface area (Å²) in [5.74, 6) is 2.96. The van der Waals surface area contributed by atoms with E-state index < -0.39 is 0 Å². The number of guanidine groups is 1. The zero-order chi connectivity index (χ0) is 15.0. The highest BCUT2D eigenvalue weighted by Gasteiger charge is 2.20. The molecule has 0 atom stereocenters. The summed E-state index contributed by atoms with van der Waals surface area (Å²) in [4.78, 5) is 4.51. The van der Waals surface area contributed by atoms with E-state index in [-0.39, 0.29) is 11.2 Å². The van der Waals surface area contributed by atoms with Crippen LogP contribution in [0.3, 0.4) is 0 Å². The van der Waals surface area contributed by atoms with Gasteiger partial charge in [-0.05, 0) is 24.6 Å². The molecule has 0 spiro atoms. The first kappa shape index (κ1) is 16.0. The van der Waals surface area contributed by atoms with Crippen LogP contribution in [0.1, 0.15) is 26.3 Å². The fourth-order valence-corrected chi connectivity index (χ4v) is 1.75. The lowest BCUT2D eigenvalue weighted by atomic mass is 9.85. The molecule has 0 aliphatic heterocycles. The fourth-order valence-electron chi connectivity index (χ4n) is 1.75. The first-order chi connectivity index (χ1) is 9.49. The molecule has 0 aliphatic carbocycles. The Morgan fingerprint density at radius 2 is 2.15 bits per heavy atom. The van der Waals surface area contributed by atoms with Crippen molar-refractivity contribution in [3.8, 4) is 12.3 Å². The number of aliphatic imine (C=N–C) groups is 1. The largest absolute Gasteiger partial charge is 0.357 e. The first-order valence-corrected chi connectivity index (χ1v) is 6.71. The van der Waals surface area contributed by atoms with Gasteiger partial charge in [0.25, 0.3) is 0 Å². The van der Waals surface area contributed by atoms with Gasteiger partial charge in [0.1, 0.15) is 5.82 Å². The van der Waals surface area contributed by atoms with Crippen molar-refractivity contribution in [3.05, 3.63) is 35.6 Å². The molecule has 20 heavy (non-hydrogen) atoms. The summed E-state index contributed by atoms with van der Waals surface area (Å²) < 4.78 is 13.3. The van der Waals surface area contributed by atoms with Crippen molar-refractivity contribution in [1.29, 1.82) is 0 Å². The van der Waals surface area contributed by atoms with Crippen molar-refractivity contribution < 1.29 is 4.39 Å².